The summed E-state index contributed by atoms with van der Waals surface area (Å²) in [5, 5.41) is 5.65. The van der Waals surface area contributed by atoms with E-state index in [0.717, 1.165) is 28.7 Å². The third-order valence-corrected chi connectivity index (χ3v) is 3.60. The molecule has 0 amide bonds. The smallest absolute Gasteiger partial charge is 0.0437 e. The molecule has 0 radical (unpaired) electrons. The molecule has 1 aromatic heterocycles. The van der Waals surface area contributed by atoms with Crippen LogP contribution in [0.2, 0.25) is 0 Å². The fraction of sp³-hybridized carbons (Fsp3) is 0.400. The second kappa shape index (κ2) is 5.25. The van der Waals surface area contributed by atoms with Crippen molar-refractivity contribution >= 4 is 22.1 Å². The van der Waals surface area contributed by atoms with Gasteiger partial charge < -0.3 is 11.1 Å². The van der Waals surface area contributed by atoms with E-state index in [1.165, 1.54) is 0 Å². The molecule has 96 valence electrons. The predicted molar refractivity (Wildman–Crippen MR) is 78.6 cm³/mol. The summed E-state index contributed by atoms with van der Waals surface area (Å²) in [5.74, 6) is 1.31. The molecular weight excluding hydrogens is 222 g/mol. The van der Waals surface area contributed by atoms with Gasteiger partial charge in [0.2, 0.25) is 0 Å². The summed E-state index contributed by atoms with van der Waals surface area (Å²) in [6.45, 7) is 7.71. The predicted octanol–water partition coefficient (Wildman–Crippen LogP) is 3.52. The molecule has 1 aromatic carbocycles. The Hall–Kier alpha value is -1.77. The summed E-state index contributed by atoms with van der Waals surface area (Å²) in [7, 11) is 0. The maximum absolute atomic E-state index is 5.97. The lowest BCUT2D eigenvalue weighted by molar-refractivity contribution is 0.440. The number of hydrogen-bond acceptors (Lipinski definition) is 3. The molecular formula is C15H21N3. The van der Waals surface area contributed by atoms with E-state index in [2.05, 4.69) is 31.1 Å². The van der Waals surface area contributed by atoms with E-state index in [9.17, 15) is 0 Å². The van der Waals surface area contributed by atoms with Gasteiger partial charge in [-0.25, -0.2) is 0 Å². The Morgan fingerprint density at radius 1 is 1.17 bits per heavy atom. The maximum Gasteiger partial charge on any atom is 0.0437 e. The number of nitrogens with zero attached hydrogens (tertiary/aromatic N) is 1. The second-order valence-corrected chi connectivity index (χ2v) is 5.23. The van der Waals surface area contributed by atoms with Crippen molar-refractivity contribution in [3.05, 3.63) is 30.6 Å². The maximum atomic E-state index is 5.97. The molecule has 0 aliphatic carbocycles. The van der Waals surface area contributed by atoms with E-state index < -0.39 is 0 Å². The minimum absolute atomic E-state index is 0.634. The molecule has 1 heterocycles. The number of aromatic nitrogens is 1. The van der Waals surface area contributed by atoms with Gasteiger partial charge in [-0.15, -0.1) is 0 Å². The Balaban J connectivity index is 2.26. The SMILES string of the molecule is CC(C)C(C)CNc1ccc(N)c2ccncc12. The van der Waals surface area contributed by atoms with Crippen molar-refractivity contribution in [1.29, 1.82) is 0 Å². The number of rotatable bonds is 4. The average molecular weight is 243 g/mol. The summed E-state index contributed by atoms with van der Waals surface area (Å²) in [6, 6.07) is 5.94. The first kappa shape index (κ1) is 12.7. The van der Waals surface area contributed by atoms with Gasteiger partial charge in [-0.3, -0.25) is 4.98 Å². The number of benzene rings is 1. The van der Waals surface area contributed by atoms with Crippen molar-refractivity contribution in [1.82, 2.24) is 4.98 Å². The van der Waals surface area contributed by atoms with E-state index in [1.54, 1.807) is 6.20 Å². The first-order chi connectivity index (χ1) is 8.59. The van der Waals surface area contributed by atoms with Crippen LogP contribution in [0.25, 0.3) is 10.8 Å². The van der Waals surface area contributed by atoms with Crippen LogP contribution in [0, 0.1) is 11.8 Å². The van der Waals surface area contributed by atoms with Crippen LogP contribution < -0.4 is 11.1 Å². The van der Waals surface area contributed by atoms with E-state index in [4.69, 9.17) is 5.73 Å². The molecule has 0 spiro atoms. The van der Waals surface area contributed by atoms with Crippen LogP contribution in [0.3, 0.4) is 0 Å². The summed E-state index contributed by atoms with van der Waals surface area (Å²) >= 11 is 0. The number of pyridine rings is 1. The van der Waals surface area contributed by atoms with Gasteiger partial charge in [-0.1, -0.05) is 20.8 Å². The molecule has 0 fully saturated rings. The first-order valence-corrected chi connectivity index (χ1v) is 6.45. The van der Waals surface area contributed by atoms with Crippen LogP contribution in [0.4, 0.5) is 11.4 Å². The topological polar surface area (TPSA) is 50.9 Å². The van der Waals surface area contributed by atoms with Gasteiger partial charge in [0.1, 0.15) is 0 Å². The molecule has 0 aliphatic rings. The molecule has 0 aliphatic heterocycles. The number of hydrogen-bond donors (Lipinski definition) is 2. The molecule has 0 bridgehead atoms. The summed E-state index contributed by atoms with van der Waals surface area (Å²) in [6.07, 6.45) is 3.65. The molecule has 2 rings (SSSR count). The quantitative estimate of drug-likeness (QED) is 0.808. The van der Waals surface area contributed by atoms with Crippen LogP contribution in [0.5, 0.6) is 0 Å². The first-order valence-electron chi connectivity index (χ1n) is 6.45. The molecule has 1 unspecified atom stereocenters. The fourth-order valence-electron chi connectivity index (χ4n) is 1.87. The van der Waals surface area contributed by atoms with E-state index in [0.29, 0.717) is 11.8 Å². The van der Waals surface area contributed by atoms with Gasteiger partial charge in [0, 0.05) is 41.1 Å². The fourth-order valence-corrected chi connectivity index (χ4v) is 1.87. The number of anilines is 2. The largest absolute Gasteiger partial charge is 0.398 e. The standard InChI is InChI=1S/C15H21N3/c1-10(2)11(3)8-18-15-5-4-14(16)12-6-7-17-9-13(12)15/h4-7,9-11,18H,8,16H2,1-3H3. The Morgan fingerprint density at radius 2 is 1.94 bits per heavy atom. The number of nitrogens with one attached hydrogen (secondary N) is 1. The molecule has 3 heteroatoms. The molecule has 0 saturated carbocycles. The highest BCUT2D eigenvalue weighted by atomic mass is 14.9. The number of nitrogens with two attached hydrogens (primary N) is 1. The molecule has 18 heavy (non-hydrogen) atoms. The van der Waals surface area contributed by atoms with Crippen molar-refractivity contribution in [2.75, 3.05) is 17.6 Å². The van der Waals surface area contributed by atoms with Gasteiger partial charge in [0.05, 0.1) is 0 Å². The Labute approximate surface area is 108 Å². The van der Waals surface area contributed by atoms with Crippen molar-refractivity contribution < 1.29 is 0 Å². The number of fused-ring (bicyclic) bond motifs is 1. The highest BCUT2D eigenvalue weighted by Gasteiger charge is 2.08. The lowest BCUT2D eigenvalue weighted by Crippen LogP contribution is -2.16. The van der Waals surface area contributed by atoms with Gasteiger partial charge in [-0.05, 0) is 30.0 Å². The van der Waals surface area contributed by atoms with Gasteiger partial charge in [0.15, 0.2) is 0 Å². The summed E-state index contributed by atoms with van der Waals surface area (Å²) < 4.78 is 0. The third kappa shape index (κ3) is 2.55. The molecule has 2 aromatic rings. The highest BCUT2D eigenvalue weighted by molar-refractivity contribution is 6.00. The summed E-state index contributed by atoms with van der Waals surface area (Å²) in [4.78, 5) is 4.18. The van der Waals surface area contributed by atoms with Gasteiger partial charge in [0.25, 0.3) is 0 Å². The van der Waals surface area contributed by atoms with Crippen LogP contribution in [-0.2, 0) is 0 Å². The Morgan fingerprint density at radius 3 is 2.67 bits per heavy atom. The normalized spacial score (nSPS) is 12.9. The molecule has 3 nitrogen and oxygen atoms in total. The zero-order chi connectivity index (χ0) is 13.1. The lowest BCUT2D eigenvalue weighted by atomic mass is 9.98. The van der Waals surface area contributed by atoms with Gasteiger partial charge in [-0.2, -0.15) is 0 Å². The van der Waals surface area contributed by atoms with Crippen molar-refractivity contribution in [3.63, 3.8) is 0 Å². The van der Waals surface area contributed by atoms with Crippen LogP contribution in [-0.4, -0.2) is 11.5 Å². The highest BCUT2D eigenvalue weighted by Crippen LogP contribution is 2.27. The van der Waals surface area contributed by atoms with E-state index in [1.807, 2.05) is 24.4 Å². The number of nitrogen functional groups attached to an aromatic ring is 1. The van der Waals surface area contributed by atoms with Crippen LogP contribution in [0.15, 0.2) is 30.6 Å². The average Bonchev–Trinajstić information content (AvgIpc) is 2.38. The second-order valence-electron chi connectivity index (χ2n) is 5.23. The molecule has 0 saturated heterocycles. The van der Waals surface area contributed by atoms with Crippen LogP contribution in [0.1, 0.15) is 20.8 Å². The van der Waals surface area contributed by atoms with E-state index >= 15 is 0 Å². The minimum atomic E-state index is 0.634. The van der Waals surface area contributed by atoms with E-state index in [-0.39, 0.29) is 0 Å². The zero-order valence-corrected chi connectivity index (χ0v) is 11.3. The van der Waals surface area contributed by atoms with Crippen molar-refractivity contribution in [2.45, 2.75) is 20.8 Å². The Kier molecular flexibility index (Phi) is 3.70. The zero-order valence-electron chi connectivity index (χ0n) is 11.3. The van der Waals surface area contributed by atoms with Crippen molar-refractivity contribution in [2.24, 2.45) is 11.8 Å². The van der Waals surface area contributed by atoms with Gasteiger partial charge >= 0.3 is 0 Å². The lowest BCUT2D eigenvalue weighted by Gasteiger charge is -2.18. The summed E-state index contributed by atoms with van der Waals surface area (Å²) in [5.41, 5.74) is 7.89. The monoisotopic (exact) mass is 243 g/mol. The molecule has 1 atom stereocenters. The Bertz CT molecular complexity index is 534. The minimum Gasteiger partial charge on any atom is -0.398 e. The molecule has 3 N–H and O–H groups in total. The van der Waals surface area contributed by atoms with Crippen molar-refractivity contribution in [3.8, 4) is 0 Å². The van der Waals surface area contributed by atoms with Crippen LogP contribution >= 0.6 is 0 Å². The third-order valence-electron chi connectivity index (χ3n) is 3.60.